The molecule has 0 bridgehead atoms. The summed E-state index contributed by atoms with van der Waals surface area (Å²) in [6, 6.07) is 13.4. The van der Waals surface area contributed by atoms with E-state index in [4.69, 9.17) is 9.52 Å². The highest BCUT2D eigenvalue weighted by Gasteiger charge is 2.25. The van der Waals surface area contributed by atoms with Gasteiger partial charge in [-0.1, -0.05) is 30.3 Å². The Kier molecular flexibility index (Phi) is 3.32. The highest BCUT2D eigenvalue weighted by atomic mass is 79.9. The lowest BCUT2D eigenvalue weighted by Crippen LogP contribution is -2.00. The zero-order valence-corrected chi connectivity index (χ0v) is 12.1. The van der Waals surface area contributed by atoms with Crippen LogP contribution in [0.2, 0.25) is 0 Å². The summed E-state index contributed by atoms with van der Waals surface area (Å²) < 4.78 is 6.41. The molecule has 0 radical (unpaired) electrons. The van der Waals surface area contributed by atoms with Gasteiger partial charge in [0.1, 0.15) is 5.76 Å². The van der Waals surface area contributed by atoms with E-state index in [1.807, 2.05) is 36.4 Å². The third-order valence-electron chi connectivity index (χ3n) is 3.20. The van der Waals surface area contributed by atoms with Crippen molar-refractivity contribution < 1.29 is 14.3 Å². The second-order valence-corrected chi connectivity index (χ2v) is 5.25. The Labute approximate surface area is 124 Å². The summed E-state index contributed by atoms with van der Waals surface area (Å²) in [5, 5.41) is 9.08. The molecule has 3 nitrogen and oxygen atoms in total. The van der Waals surface area contributed by atoms with Gasteiger partial charge in [-0.2, -0.15) is 0 Å². The second kappa shape index (κ2) is 5.13. The maximum Gasteiger partial charge on any atom is 0.307 e. The number of halogens is 1. The lowest BCUT2D eigenvalue weighted by atomic mass is 10.1. The van der Waals surface area contributed by atoms with Crippen LogP contribution in [0.15, 0.2) is 57.6 Å². The normalized spacial score (nSPS) is 10.8. The average molecular weight is 331 g/mol. The minimum absolute atomic E-state index is 0.0382. The summed E-state index contributed by atoms with van der Waals surface area (Å²) in [5.41, 5.74) is 3.48. The smallest absolute Gasteiger partial charge is 0.307 e. The van der Waals surface area contributed by atoms with E-state index in [0.717, 1.165) is 26.7 Å². The van der Waals surface area contributed by atoms with Crippen molar-refractivity contribution in [3.8, 4) is 22.5 Å². The Morgan fingerprint density at radius 1 is 1.15 bits per heavy atom. The maximum absolute atomic E-state index is 11.1. The first-order valence-corrected chi connectivity index (χ1v) is 6.92. The molecule has 4 heteroatoms. The van der Waals surface area contributed by atoms with Gasteiger partial charge < -0.3 is 9.52 Å². The second-order valence-electron chi connectivity index (χ2n) is 4.46. The van der Waals surface area contributed by atoms with Crippen LogP contribution in [0.1, 0.15) is 5.56 Å². The number of carboxylic acids is 1. The molecule has 100 valence electrons. The van der Waals surface area contributed by atoms with Crippen LogP contribution in [0.4, 0.5) is 0 Å². The molecule has 0 atom stereocenters. The minimum atomic E-state index is -0.860. The van der Waals surface area contributed by atoms with E-state index < -0.39 is 5.97 Å². The van der Waals surface area contributed by atoms with Gasteiger partial charge in [0.05, 0.1) is 12.7 Å². The summed E-state index contributed by atoms with van der Waals surface area (Å²) >= 11 is 3.54. The Bertz CT molecular complexity index is 731. The number of carbonyl (C=O) groups is 1. The van der Waals surface area contributed by atoms with Crippen LogP contribution in [-0.2, 0) is 11.2 Å². The van der Waals surface area contributed by atoms with Crippen molar-refractivity contribution in [1.82, 2.24) is 0 Å². The molecule has 1 N–H and O–H groups in total. The fourth-order valence-electron chi connectivity index (χ4n) is 2.37. The van der Waals surface area contributed by atoms with Gasteiger partial charge in [-0.25, -0.2) is 0 Å². The van der Waals surface area contributed by atoms with Gasteiger partial charge in [0.25, 0.3) is 0 Å². The van der Waals surface area contributed by atoms with E-state index in [1.54, 1.807) is 12.3 Å². The molecule has 0 spiro atoms. The number of benzene rings is 1. The third-order valence-corrected chi connectivity index (χ3v) is 4.07. The molecule has 1 aliphatic heterocycles. The molecule has 0 saturated heterocycles. The van der Waals surface area contributed by atoms with Crippen molar-refractivity contribution in [3.63, 3.8) is 0 Å². The van der Waals surface area contributed by atoms with Crippen molar-refractivity contribution >= 4 is 21.9 Å². The maximum atomic E-state index is 11.1. The number of fused-ring (bicyclic) bond motifs is 1. The molecule has 1 aromatic carbocycles. The molecule has 1 heterocycles. The molecule has 0 amide bonds. The number of hydrogen-bond donors (Lipinski definition) is 1. The predicted molar refractivity (Wildman–Crippen MR) is 79.8 cm³/mol. The first-order valence-electron chi connectivity index (χ1n) is 6.13. The first-order chi connectivity index (χ1) is 9.68. The van der Waals surface area contributed by atoms with Crippen LogP contribution in [0.5, 0.6) is 0 Å². The molecule has 3 rings (SSSR count). The number of rotatable bonds is 3. The van der Waals surface area contributed by atoms with E-state index in [-0.39, 0.29) is 6.42 Å². The monoisotopic (exact) mass is 330 g/mol. The molecule has 2 aliphatic rings. The Balaban J connectivity index is 2.28. The number of carboxylic acid groups (broad SMARTS) is 1. The summed E-state index contributed by atoms with van der Waals surface area (Å²) in [6.07, 6.45) is 1.56. The highest BCUT2D eigenvalue weighted by molar-refractivity contribution is 9.10. The third kappa shape index (κ3) is 2.12. The van der Waals surface area contributed by atoms with Gasteiger partial charge in [0.2, 0.25) is 0 Å². The lowest BCUT2D eigenvalue weighted by molar-refractivity contribution is -0.136. The fraction of sp³-hybridized carbons (Fsp3) is 0.0625. The van der Waals surface area contributed by atoms with E-state index in [1.165, 1.54) is 0 Å². The van der Waals surface area contributed by atoms with Crippen LogP contribution in [0, 0.1) is 0 Å². The fourth-order valence-corrected chi connectivity index (χ4v) is 3.13. The molecule has 0 unspecified atom stereocenters. The molecule has 0 fully saturated rings. The van der Waals surface area contributed by atoms with Crippen LogP contribution in [0.25, 0.3) is 22.5 Å². The molecule has 1 aliphatic carbocycles. The SMILES string of the molecule is O=C(O)Cc1c2cccoc-2c(-c2ccccc2)c1Br. The Hall–Kier alpha value is -2.07. The van der Waals surface area contributed by atoms with Crippen LogP contribution in [0.3, 0.4) is 0 Å². The van der Waals surface area contributed by atoms with Crippen molar-refractivity contribution in [2.75, 3.05) is 0 Å². The molecule has 0 aromatic heterocycles. The van der Waals surface area contributed by atoms with Crippen LogP contribution >= 0.6 is 15.9 Å². The standard InChI is InChI=1S/C16H11BrO3/c17-15-12(9-13(18)19)11-7-4-8-20-16(11)14(15)10-5-2-1-3-6-10/h1-8H,9H2,(H,18,19). The number of aliphatic carboxylic acids is 1. The Morgan fingerprint density at radius 2 is 1.90 bits per heavy atom. The van der Waals surface area contributed by atoms with Gasteiger partial charge in [-0.15, -0.1) is 0 Å². The van der Waals surface area contributed by atoms with Gasteiger partial charge in [0, 0.05) is 15.6 Å². The topological polar surface area (TPSA) is 50.4 Å². The summed E-state index contributed by atoms with van der Waals surface area (Å²) in [5.74, 6) is -0.150. The molecule has 0 saturated carbocycles. The minimum Gasteiger partial charge on any atom is -0.481 e. The molecule has 1 aromatic rings. The van der Waals surface area contributed by atoms with Crippen molar-refractivity contribution in [1.29, 1.82) is 0 Å². The predicted octanol–water partition coefficient (Wildman–Crippen LogP) is 4.44. The highest BCUT2D eigenvalue weighted by Crippen LogP contribution is 2.46. The largest absolute Gasteiger partial charge is 0.481 e. The van der Waals surface area contributed by atoms with Crippen LogP contribution in [-0.4, -0.2) is 11.1 Å². The quantitative estimate of drug-likeness (QED) is 0.772. The van der Waals surface area contributed by atoms with E-state index in [2.05, 4.69) is 15.9 Å². The molecular formula is C16H11BrO3. The zero-order valence-electron chi connectivity index (χ0n) is 10.5. The van der Waals surface area contributed by atoms with Gasteiger partial charge in [0.15, 0.2) is 0 Å². The van der Waals surface area contributed by atoms with E-state index in [0.29, 0.717) is 5.76 Å². The average Bonchev–Trinajstić information content (AvgIpc) is 2.72. The first kappa shape index (κ1) is 12.9. The lowest BCUT2D eigenvalue weighted by Gasteiger charge is -2.03. The van der Waals surface area contributed by atoms with Gasteiger partial charge in [-0.3, -0.25) is 4.79 Å². The number of hydrogen-bond acceptors (Lipinski definition) is 2. The summed E-state index contributed by atoms with van der Waals surface area (Å²) in [6.45, 7) is 0. The van der Waals surface area contributed by atoms with E-state index in [9.17, 15) is 4.79 Å². The van der Waals surface area contributed by atoms with Gasteiger partial charge >= 0.3 is 5.97 Å². The zero-order chi connectivity index (χ0) is 14.1. The molecule has 20 heavy (non-hydrogen) atoms. The van der Waals surface area contributed by atoms with Gasteiger partial charge in [-0.05, 0) is 39.2 Å². The summed E-state index contributed by atoms with van der Waals surface area (Å²) in [7, 11) is 0. The van der Waals surface area contributed by atoms with E-state index >= 15 is 0 Å². The van der Waals surface area contributed by atoms with Crippen LogP contribution < -0.4 is 0 Å². The van der Waals surface area contributed by atoms with Crippen molar-refractivity contribution in [2.24, 2.45) is 0 Å². The Morgan fingerprint density at radius 3 is 2.60 bits per heavy atom. The summed E-state index contributed by atoms with van der Waals surface area (Å²) in [4.78, 5) is 11.1. The van der Waals surface area contributed by atoms with Crippen molar-refractivity contribution in [2.45, 2.75) is 6.42 Å². The van der Waals surface area contributed by atoms with Crippen molar-refractivity contribution in [3.05, 3.63) is 58.8 Å². The molecular weight excluding hydrogens is 320 g/mol.